The molecule has 1 aliphatic heterocycles. The Morgan fingerprint density at radius 2 is 2.22 bits per heavy atom. The summed E-state index contributed by atoms with van der Waals surface area (Å²) in [5.41, 5.74) is 0.882. The monoisotopic (exact) mass is 273 g/mol. The molecular formula is C11H19N3O3S. The molecule has 0 bridgehead atoms. The lowest BCUT2D eigenvalue weighted by molar-refractivity contribution is 0.233. The summed E-state index contributed by atoms with van der Waals surface area (Å²) in [4.78, 5) is 6.39. The number of rotatable bonds is 4. The molecule has 1 saturated heterocycles. The van der Waals surface area contributed by atoms with Gasteiger partial charge in [-0.1, -0.05) is 0 Å². The van der Waals surface area contributed by atoms with Gasteiger partial charge < -0.3 is 4.42 Å². The van der Waals surface area contributed by atoms with Gasteiger partial charge in [-0.15, -0.1) is 0 Å². The van der Waals surface area contributed by atoms with E-state index in [9.17, 15) is 8.42 Å². The SMILES string of the molecule is Cc1nc(CN2CCCC2CS(N)(=O)=O)oc1C. The fourth-order valence-electron chi connectivity index (χ4n) is 2.34. The highest BCUT2D eigenvalue weighted by Crippen LogP contribution is 2.21. The van der Waals surface area contributed by atoms with E-state index in [1.807, 2.05) is 13.8 Å². The van der Waals surface area contributed by atoms with Gasteiger partial charge in [0, 0.05) is 6.04 Å². The molecule has 0 spiro atoms. The first kappa shape index (κ1) is 13.5. The summed E-state index contributed by atoms with van der Waals surface area (Å²) in [6, 6.07) is -0.0208. The Morgan fingerprint density at radius 1 is 1.50 bits per heavy atom. The Hall–Kier alpha value is -0.920. The third-order valence-electron chi connectivity index (χ3n) is 3.33. The summed E-state index contributed by atoms with van der Waals surface area (Å²) in [6.45, 7) is 5.18. The maximum atomic E-state index is 11.2. The second-order valence-electron chi connectivity index (χ2n) is 4.85. The maximum absolute atomic E-state index is 11.2. The molecule has 102 valence electrons. The molecule has 7 heteroatoms. The molecule has 1 atom stereocenters. The summed E-state index contributed by atoms with van der Waals surface area (Å²) >= 11 is 0. The van der Waals surface area contributed by atoms with Crippen molar-refractivity contribution >= 4 is 10.0 Å². The van der Waals surface area contributed by atoms with Crippen LogP contribution in [0.25, 0.3) is 0 Å². The van der Waals surface area contributed by atoms with Crippen LogP contribution in [0.3, 0.4) is 0 Å². The van der Waals surface area contributed by atoms with Crippen LogP contribution in [-0.4, -0.2) is 36.6 Å². The smallest absolute Gasteiger partial charge is 0.210 e. The summed E-state index contributed by atoms with van der Waals surface area (Å²) in [6.07, 6.45) is 1.84. The van der Waals surface area contributed by atoms with Crippen molar-refractivity contribution in [2.75, 3.05) is 12.3 Å². The fraction of sp³-hybridized carbons (Fsp3) is 0.727. The molecule has 0 saturated carbocycles. The van der Waals surface area contributed by atoms with E-state index in [-0.39, 0.29) is 11.8 Å². The lowest BCUT2D eigenvalue weighted by Crippen LogP contribution is -2.37. The Bertz CT molecular complexity index is 504. The molecule has 0 radical (unpaired) electrons. The van der Waals surface area contributed by atoms with Gasteiger partial charge in [-0.2, -0.15) is 0 Å². The zero-order valence-electron chi connectivity index (χ0n) is 10.7. The zero-order valence-corrected chi connectivity index (χ0v) is 11.5. The van der Waals surface area contributed by atoms with Gasteiger partial charge in [0.15, 0.2) is 0 Å². The van der Waals surface area contributed by atoms with Gasteiger partial charge in [0.1, 0.15) is 5.76 Å². The topological polar surface area (TPSA) is 89.4 Å². The minimum Gasteiger partial charge on any atom is -0.444 e. The van der Waals surface area contributed by atoms with E-state index in [4.69, 9.17) is 9.56 Å². The summed E-state index contributed by atoms with van der Waals surface area (Å²) < 4.78 is 27.8. The predicted octanol–water partition coefficient (Wildman–Crippen LogP) is 0.544. The standard InChI is InChI=1S/C11H19N3O3S/c1-8-9(2)17-11(13-8)6-14-5-3-4-10(14)7-18(12,15)16/h10H,3-7H2,1-2H3,(H2,12,15,16). The van der Waals surface area contributed by atoms with Crippen molar-refractivity contribution in [1.82, 2.24) is 9.88 Å². The van der Waals surface area contributed by atoms with Crippen molar-refractivity contribution in [3.8, 4) is 0 Å². The number of likely N-dealkylation sites (tertiary alicyclic amines) is 1. The number of nitrogens with two attached hydrogens (primary N) is 1. The average Bonchev–Trinajstić information content (AvgIpc) is 2.74. The van der Waals surface area contributed by atoms with E-state index in [1.54, 1.807) is 0 Å². The molecule has 1 aromatic heterocycles. The minimum atomic E-state index is -3.43. The largest absolute Gasteiger partial charge is 0.444 e. The van der Waals surface area contributed by atoms with E-state index in [0.717, 1.165) is 30.8 Å². The molecule has 0 amide bonds. The van der Waals surface area contributed by atoms with Crippen LogP contribution in [0, 0.1) is 13.8 Å². The predicted molar refractivity (Wildman–Crippen MR) is 67.4 cm³/mol. The first-order chi connectivity index (χ1) is 8.35. The number of nitrogens with zero attached hydrogens (tertiary/aromatic N) is 2. The second kappa shape index (κ2) is 4.99. The van der Waals surface area contributed by atoms with Crippen molar-refractivity contribution in [2.24, 2.45) is 5.14 Å². The average molecular weight is 273 g/mol. The second-order valence-corrected chi connectivity index (χ2v) is 6.50. The van der Waals surface area contributed by atoms with Crippen LogP contribution in [0.2, 0.25) is 0 Å². The summed E-state index contributed by atoms with van der Waals surface area (Å²) in [5.74, 6) is 1.46. The molecule has 6 nitrogen and oxygen atoms in total. The number of oxazole rings is 1. The highest BCUT2D eigenvalue weighted by atomic mass is 32.2. The molecule has 1 aromatic rings. The summed E-state index contributed by atoms with van der Waals surface area (Å²) in [7, 11) is -3.43. The van der Waals surface area contributed by atoms with Crippen molar-refractivity contribution < 1.29 is 12.8 Å². The molecule has 1 fully saturated rings. The van der Waals surface area contributed by atoms with E-state index in [2.05, 4.69) is 9.88 Å². The highest BCUT2D eigenvalue weighted by molar-refractivity contribution is 7.89. The van der Waals surface area contributed by atoms with Gasteiger partial charge in [0.25, 0.3) is 0 Å². The number of primary sulfonamides is 1. The number of aromatic nitrogens is 1. The Balaban J connectivity index is 2.04. The van der Waals surface area contributed by atoms with Crippen LogP contribution in [0.1, 0.15) is 30.2 Å². The highest BCUT2D eigenvalue weighted by Gasteiger charge is 2.29. The molecule has 0 aliphatic carbocycles. The number of sulfonamides is 1. The normalized spacial score (nSPS) is 21.6. The van der Waals surface area contributed by atoms with Crippen LogP contribution >= 0.6 is 0 Å². The molecule has 1 unspecified atom stereocenters. The lowest BCUT2D eigenvalue weighted by Gasteiger charge is -2.21. The van der Waals surface area contributed by atoms with Gasteiger partial charge in [-0.05, 0) is 33.2 Å². The van der Waals surface area contributed by atoms with Gasteiger partial charge in [-0.25, -0.2) is 18.5 Å². The molecular weight excluding hydrogens is 254 g/mol. The molecule has 0 aromatic carbocycles. The molecule has 1 aliphatic rings. The third kappa shape index (κ3) is 3.30. The molecule has 2 heterocycles. The third-order valence-corrected chi connectivity index (χ3v) is 4.18. The Labute approximate surface area is 107 Å². The minimum absolute atomic E-state index is 0.00563. The van der Waals surface area contributed by atoms with Crippen LogP contribution in [0.5, 0.6) is 0 Å². The Morgan fingerprint density at radius 3 is 2.78 bits per heavy atom. The van der Waals surface area contributed by atoms with Crippen LogP contribution in [0.4, 0.5) is 0 Å². The summed E-state index contributed by atoms with van der Waals surface area (Å²) in [5, 5.41) is 5.11. The molecule has 18 heavy (non-hydrogen) atoms. The van der Waals surface area contributed by atoms with Gasteiger partial charge in [0.05, 0.1) is 18.0 Å². The first-order valence-corrected chi connectivity index (χ1v) is 7.74. The van der Waals surface area contributed by atoms with E-state index < -0.39 is 10.0 Å². The number of hydrogen-bond donors (Lipinski definition) is 1. The van der Waals surface area contributed by atoms with Crippen molar-refractivity contribution in [1.29, 1.82) is 0 Å². The Kier molecular flexibility index (Phi) is 3.74. The van der Waals surface area contributed by atoms with E-state index in [1.165, 1.54) is 0 Å². The van der Waals surface area contributed by atoms with Crippen LogP contribution in [-0.2, 0) is 16.6 Å². The van der Waals surface area contributed by atoms with Crippen molar-refractivity contribution in [3.63, 3.8) is 0 Å². The van der Waals surface area contributed by atoms with Gasteiger partial charge >= 0.3 is 0 Å². The van der Waals surface area contributed by atoms with E-state index >= 15 is 0 Å². The van der Waals surface area contributed by atoms with Crippen molar-refractivity contribution in [3.05, 3.63) is 17.3 Å². The maximum Gasteiger partial charge on any atom is 0.210 e. The van der Waals surface area contributed by atoms with Crippen LogP contribution < -0.4 is 5.14 Å². The number of aryl methyl sites for hydroxylation is 2. The fourth-order valence-corrected chi connectivity index (χ4v) is 3.25. The van der Waals surface area contributed by atoms with Crippen molar-refractivity contribution in [2.45, 2.75) is 39.3 Å². The number of hydrogen-bond acceptors (Lipinski definition) is 5. The van der Waals surface area contributed by atoms with E-state index in [0.29, 0.717) is 12.4 Å². The zero-order chi connectivity index (χ0) is 13.3. The van der Waals surface area contributed by atoms with Crippen LogP contribution in [0.15, 0.2) is 4.42 Å². The molecule has 2 N–H and O–H groups in total. The van der Waals surface area contributed by atoms with Gasteiger partial charge in [-0.3, -0.25) is 4.90 Å². The quantitative estimate of drug-likeness (QED) is 0.865. The van der Waals surface area contributed by atoms with Gasteiger partial charge in [0.2, 0.25) is 15.9 Å². The first-order valence-electron chi connectivity index (χ1n) is 6.02. The lowest BCUT2D eigenvalue weighted by atomic mass is 10.2. The molecule has 2 rings (SSSR count).